The van der Waals surface area contributed by atoms with Crippen molar-refractivity contribution in [3.8, 4) is 22.8 Å². The van der Waals surface area contributed by atoms with E-state index in [1.807, 2.05) is 43.3 Å². The Morgan fingerprint density at radius 1 is 1.08 bits per heavy atom. The molecule has 0 saturated heterocycles. The highest BCUT2D eigenvalue weighted by Crippen LogP contribution is 2.24. The molecule has 7 heteroatoms. The first-order valence-electron chi connectivity index (χ1n) is 7.90. The number of carbonyl (C=O) groups is 1. The maximum atomic E-state index is 11.6. The van der Waals surface area contributed by atoms with Crippen LogP contribution in [-0.2, 0) is 0 Å². The van der Waals surface area contributed by atoms with Gasteiger partial charge in [-0.15, -0.1) is 0 Å². The molecule has 1 heterocycles. The second kappa shape index (κ2) is 7.94. The number of nitrogens with zero attached hydrogens (tertiary/aromatic N) is 2. The van der Waals surface area contributed by atoms with Gasteiger partial charge in [0.1, 0.15) is 0 Å². The summed E-state index contributed by atoms with van der Waals surface area (Å²) >= 11 is 3.40. The number of aromatic nitrogens is 2. The lowest BCUT2D eigenvalue weighted by molar-refractivity contribution is 0.252. The minimum Gasteiger partial charge on any atom is -0.338 e. The lowest BCUT2D eigenvalue weighted by Crippen LogP contribution is -2.29. The summed E-state index contributed by atoms with van der Waals surface area (Å²) in [4.78, 5) is 16.1. The Kier molecular flexibility index (Phi) is 5.45. The largest absolute Gasteiger partial charge is 0.338 e. The fourth-order valence-electron chi connectivity index (χ4n) is 2.17. The summed E-state index contributed by atoms with van der Waals surface area (Å²) in [6.45, 7) is 2.65. The van der Waals surface area contributed by atoms with Crippen molar-refractivity contribution in [1.82, 2.24) is 15.5 Å². The molecular weight excluding hydrogens is 384 g/mol. The van der Waals surface area contributed by atoms with E-state index in [4.69, 9.17) is 4.52 Å². The van der Waals surface area contributed by atoms with E-state index >= 15 is 0 Å². The summed E-state index contributed by atoms with van der Waals surface area (Å²) in [6.07, 6.45) is 0.894. The van der Waals surface area contributed by atoms with Crippen molar-refractivity contribution in [2.75, 3.05) is 11.9 Å². The molecule has 2 N–H and O–H groups in total. The Hall–Kier alpha value is -2.67. The highest BCUT2D eigenvalue weighted by molar-refractivity contribution is 9.10. The van der Waals surface area contributed by atoms with Crippen molar-refractivity contribution in [3.05, 3.63) is 53.0 Å². The number of carbonyl (C=O) groups excluding carboxylic acids is 1. The van der Waals surface area contributed by atoms with Crippen LogP contribution in [0.4, 0.5) is 10.5 Å². The molecule has 0 aliphatic carbocycles. The molecule has 6 nitrogen and oxygen atoms in total. The average Bonchev–Trinajstić information content (AvgIpc) is 3.11. The average molecular weight is 401 g/mol. The maximum absolute atomic E-state index is 11.6. The number of rotatable bonds is 5. The van der Waals surface area contributed by atoms with Crippen molar-refractivity contribution in [1.29, 1.82) is 0 Å². The Labute approximate surface area is 153 Å². The van der Waals surface area contributed by atoms with Gasteiger partial charge >= 0.3 is 6.03 Å². The first kappa shape index (κ1) is 17.2. The van der Waals surface area contributed by atoms with E-state index in [9.17, 15) is 4.79 Å². The number of halogens is 1. The molecule has 2 amide bonds. The van der Waals surface area contributed by atoms with Crippen LogP contribution in [0.1, 0.15) is 13.3 Å². The monoisotopic (exact) mass is 400 g/mol. The zero-order chi connectivity index (χ0) is 17.6. The second-order valence-electron chi connectivity index (χ2n) is 5.39. The number of nitrogens with one attached hydrogen (secondary N) is 2. The topological polar surface area (TPSA) is 80.0 Å². The molecule has 3 aromatic rings. The molecule has 0 spiro atoms. The van der Waals surface area contributed by atoms with Crippen LogP contribution in [0.3, 0.4) is 0 Å². The third-order valence-electron chi connectivity index (χ3n) is 3.45. The molecule has 0 saturated carbocycles. The molecule has 25 heavy (non-hydrogen) atoms. The molecule has 0 radical (unpaired) electrons. The number of benzene rings is 2. The van der Waals surface area contributed by atoms with Gasteiger partial charge in [0.2, 0.25) is 5.82 Å². The maximum Gasteiger partial charge on any atom is 0.319 e. The van der Waals surface area contributed by atoms with Crippen molar-refractivity contribution in [3.63, 3.8) is 0 Å². The highest BCUT2D eigenvalue weighted by atomic mass is 79.9. The summed E-state index contributed by atoms with van der Waals surface area (Å²) in [5.41, 5.74) is 2.37. The van der Waals surface area contributed by atoms with E-state index in [2.05, 4.69) is 36.7 Å². The first-order chi connectivity index (χ1) is 12.2. The second-order valence-corrected chi connectivity index (χ2v) is 6.30. The van der Waals surface area contributed by atoms with Gasteiger partial charge in [-0.05, 0) is 55.0 Å². The van der Waals surface area contributed by atoms with Crippen molar-refractivity contribution < 1.29 is 9.32 Å². The van der Waals surface area contributed by atoms with Gasteiger partial charge in [-0.2, -0.15) is 4.98 Å². The standard InChI is InChI=1S/C18H17BrN4O2/c1-2-11-20-18(24)21-15-9-5-12(6-10-15)16-22-17(25-23-16)13-3-7-14(19)8-4-13/h3-10H,2,11H2,1H3,(H2,20,21,24). The van der Waals surface area contributed by atoms with E-state index in [0.717, 1.165) is 22.0 Å². The molecule has 0 aliphatic heterocycles. The molecular formula is C18H17BrN4O2. The Morgan fingerprint density at radius 3 is 2.44 bits per heavy atom. The van der Waals surface area contributed by atoms with Crippen molar-refractivity contribution in [2.24, 2.45) is 0 Å². The van der Waals surface area contributed by atoms with E-state index in [1.54, 1.807) is 12.1 Å². The van der Waals surface area contributed by atoms with Gasteiger partial charge in [-0.3, -0.25) is 0 Å². The van der Waals surface area contributed by atoms with Crippen LogP contribution in [0.15, 0.2) is 57.5 Å². The molecule has 2 aromatic carbocycles. The number of amides is 2. The predicted molar refractivity (Wildman–Crippen MR) is 100 cm³/mol. The molecule has 3 rings (SSSR count). The molecule has 0 fully saturated rings. The van der Waals surface area contributed by atoms with E-state index in [1.165, 1.54) is 0 Å². The van der Waals surface area contributed by atoms with E-state index < -0.39 is 0 Å². The van der Waals surface area contributed by atoms with Gasteiger partial charge in [-0.1, -0.05) is 28.0 Å². The van der Waals surface area contributed by atoms with Crippen molar-refractivity contribution >= 4 is 27.6 Å². The summed E-state index contributed by atoms with van der Waals surface area (Å²) < 4.78 is 6.32. The fraction of sp³-hybridized carbons (Fsp3) is 0.167. The highest BCUT2D eigenvalue weighted by Gasteiger charge is 2.11. The van der Waals surface area contributed by atoms with Gasteiger partial charge < -0.3 is 15.2 Å². The SMILES string of the molecule is CCCNC(=O)Nc1ccc(-c2noc(-c3ccc(Br)cc3)n2)cc1. The van der Waals surface area contributed by atoms with Crippen LogP contribution < -0.4 is 10.6 Å². The van der Waals surface area contributed by atoms with Gasteiger partial charge in [0.25, 0.3) is 5.89 Å². The van der Waals surface area contributed by atoms with Crippen LogP contribution in [0.2, 0.25) is 0 Å². The number of urea groups is 1. The normalized spacial score (nSPS) is 10.5. The summed E-state index contributed by atoms with van der Waals surface area (Å²) in [5, 5.41) is 9.55. The number of anilines is 1. The van der Waals surface area contributed by atoms with Crippen LogP contribution in [0.25, 0.3) is 22.8 Å². The zero-order valence-corrected chi connectivity index (χ0v) is 15.2. The molecule has 0 atom stereocenters. The number of hydrogen-bond donors (Lipinski definition) is 2. The van der Waals surface area contributed by atoms with Crippen molar-refractivity contribution in [2.45, 2.75) is 13.3 Å². The molecule has 0 bridgehead atoms. The van der Waals surface area contributed by atoms with Gasteiger partial charge in [0.15, 0.2) is 0 Å². The molecule has 0 unspecified atom stereocenters. The smallest absolute Gasteiger partial charge is 0.319 e. The Morgan fingerprint density at radius 2 is 1.76 bits per heavy atom. The molecule has 1 aromatic heterocycles. The van der Waals surface area contributed by atoms with Gasteiger partial charge in [-0.25, -0.2) is 4.79 Å². The van der Waals surface area contributed by atoms with E-state index in [-0.39, 0.29) is 6.03 Å². The number of hydrogen-bond acceptors (Lipinski definition) is 4. The summed E-state index contributed by atoms with van der Waals surface area (Å²) in [7, 11) is 0. The minimum atomic E-state index is -0.216. The fourth-order valence-corrected chi connectivity index (χ4v) is 2.43. The predicted octanol–water partition coefficient (Wildman–Crippen LogP) is 4.70. The summed E-state index contributed by atoms with van der Waals surface area (Å²) in [5.74, 6) is 0.962. The van der Waals surface area contributed by atoms with Gasteiger partial charge in [0.05, 0.1) is 0 Å². The Bertz CT molecular complexity index is 844. The van der Waals surface area contributed by atoms with Crippen LogP contribution in [0, 0.1) is 0 Å². The molecule has 0 aliphatic rings. The molecule has 128 valence electrons. The van der Waals surface area contributed by atoms with Crippen LogP contribution in [0.5, 0.6) is 0 Å². The van der Waals surface area contributed by atoms with E-state index in [0.29, 0.717) is 23.9 Å². The van der Waals surface area contributed by atoms with Crippen LogP contribution in [-0.4, -0.2) is 22.7 Å². The zero-order valence-electron chi connectivity index (χ0n) is 13.6. The van der Waals surface area contributed by atoms with Gasteiger partial charge in [0, 0.05) is 27.8 Å². The third-order valence-corrected chi connectivity index (χ3v) is 3.98. The lowest BCUT2D eigenvalue weighted by Gasteiger charge is -2.06. The Balaban J connectivity index is 1.70. The summed E-state index contributed by atoms with van der Waals surface area (Å²) in [6, 6.07) is 14.7. The quantitative estimate of drug-likeness (QED) is 0.650. The third kappa shape index (κ3) is 4.45. The minimum absolute atomic E-state index is 0.216. The lowest BCUT2D eigenvalue weighted by atomic mass is 10.2. The first-order valence-corrected chi connectivity index (χ1v) is 8.70. The van der Waals surface area contributed by atoms with Crippen LogP contribution >= 0.6 is 15.9 Å².